The summed E-state index contributed by atoms with van der Waals surface area (Å²) in [5.74, 6) is 2.08. The van der Waals surface area contributed by atoms with Crippen LogP contribution in [-0.4, -0.2) is 25.1 Å². The third kappa shape index (κ3) is 2.25. The monoisotopic (exact) mass is 262 g/mol. The molecule has 1 atom stereocenters. The molecule has 1 aliphatic carbocycles. The van der Waals surface area contributed by atoms with E-state index in [-0.39, 0.29) is 6.10 Å². The van der Waals surface area contributed by atoms with E-state index in [1.807, 2.05) is 18.2 Å². The fourth-order valence-electron chi connectivity index (χ4n) is 2.81. The highest BCUT2D eigenvalue weighted by Gasteiger charge is 2.42. The standard InChI is InChI=1S/C15H18O4/c1-2-6-15(7-3-1)18-13-5-4-11(8-14(13)19-15)16-9-12-10-17-12/h4-5,8,12H,1-3,6-7,9-10H2. The molecular weight excluding hydrogens is 244 g/mol. The van der Waals surface area contributed by atoms with Crippen LogP contribution >= 0.6 is 0 Å². The zero-order chi connectivity index (χ0) is 12.7. The molecule has 4 rings (SSSR count). The van der Waals surface area contributed by atoms with Crippen molar-refractivity contribution in [1.82, 2.24) is 0 Å². The number of epoxide rings is 1. The largest absolute Gasteiger partial charge is 0.491 e. The van der Waals surface area contributed by atoms with Crippen LogP contribution in [0.5, 0.6) is 17.2 Å². The second kappa shape index (κ2) is 4.30. The van der Waals surface area contributed by atoms with Gasteiger partial charge in [0.1, 0.15) is 18.5 Å². The number of benzene rings is 1. The van der Waals surface area contributed by atoms with Crippen LogP contribution in [0.3, 0.4) is 0 Å². The van der Waals surface area contributed by atoms with Crippen LogP contribution in [0.15, 0.2) is 18.2 Å². The van der Waals surface area contributed by atoms with Crippen molar-refractivity contribution in [2.45, 2.75) is 44.0 Å². The summed E-state index contributed by atoms with van der Waals surface area (Å²) in [6, 6.07) is 5.81. The highest BCUT2D eigenvalue weighted by molar-refractivity contribution is 5.48. The average molecular weight is 262 g/mol. The fraction of sp³-hybridized carbons (Fsp3) is 0.600. The van der Waals surface area contributed by atoms with Crippen LogP contribution < -0.4 is 14.2 Å². The summed E-state index contributed by atoms with van der Waals surface area (Å²) in [6.07, 6.45) is 5.87. The second-order valence-corrected chi connectivity index (χ2v) is 5.55. The zero-order valence-corrected chi connectivity index (χ0v) is 10.9. The molecule has 2 fully saturated rings. The molecule has 3 aliphatic rings. The Morgan fingerprint density at radius 3 is 2.68 bits per heavy atom. The van der Waals surface area contributed by atoms with Gasteiger partial charge in [0.25, 0.3) is 5.79 Å². The summed E-state index contributed by atoms with van der Waals surface area (Å²) in [6.45, 7) is 1.43. The Hall–Kier alpha value is -1.42. The highest BCUT2D eigenvalue weighted by Crippen LogP contribution is 2.46. The molecule has 1 saturated heterocycles. The summed E-state index contributed by atoms with van der Waals surface area (Å²) in [4.78, 5) is 0. The van der Waals surface area contributed by atoms with Gasteiger partial charge in [-0.2, -0.15) is 0 Å². The van der Waals surface area contributed by atoms with Crippen molar-refractivity contribution in [3.63, 3.8) is 0 Å². The van der Waals surface area contributed by atoms with E-state index in [2.05, 4.69) is 0 Å². The van der Waals surface area contributed by atoms with Crippen LogP contribution in [0.4, 0.5) is 0 Å². The van der Waals surface area contributed by atoms with Gasteiger partial charge in [-0.15, -0.1) is 0 Å². The van der Waals surface area contributed by atoms with Gasteiger partial charge in [0.2, 0.25) is 0 Å². The first kappa shape index (κ1) is 11.4. The molecule has 2 heterocycles. The summed E-state index contributed by atoms with van der Waals surface area (Å²) in [5, 5.41) is 0. The second-order valence-electron chi connectivity index (χ2n) is 5.55. The lowest BCUT2D eigenvalue weighted by atomic mass is 9.94. The maximum atomic E-state index is 6.07. The quantitative estimate of drug-likeness (QED) is 0.785. The van der Waals surface area contributed by atoms with E-state index in [0.717, 1.165) is 36.7 Å². The van der Waals surface area contributed by atoms with Crippen LogP contribution in [0.25, 0.3) is 0 Å². The first-order chi connectivity index (χ1) is 9.33. The smallest absolute Gasteiger partial charge is 0.251 e. The molecule has 0 N–H and O–H groups in total. The summed E-state index contributed by atoms with van der Waals surface area (Å²) < 4.78 is 22.9. The molecule has 1 spiro atoms. The minimum atomic E-state index is -0.404. The van der Waals surface area contributed by atoms with Gasteiger partial charge in [-0.25, -0.2) is 0 Å². The number of fused-ring (bicyclic) bond motifs is 1. The lowest BCUT2D eigenvalue weighted by molar-refractivity contribution is -0.105. The van der Waals surface area contributed by atoms with Crippen molar-refractivity contribution in [1.29, 1.82) is 0 Å². The molecule has 102 valence electrons. The lowest BCUT2D eigenvalue weighted by Crippen LogP contribution is -2.40. The van der Waals surface area contributed by atoms with E-state index >= 15 is 0 Å². The van der Waals surface area contributed by atoms with E-state index in [1.54, 1.807) is 0 Å². The van der Waals surface area contributed by atoms with Crippen LogP contribution in [-0.2, 0) is 4.74 Å². The van der Waals surface area contributed by atoms with Gasteiger partial charge in [-0.1, -0.05) is 6.42 Å². The summed E-state index contributed by atoms with van der Waals surface area (Å²) in [5.41, 5.74) is 0. The Kier molecular flexibility index (Phi) is 2.58. The molecule has 0 radical (unpaired) electrons. The SMILES string of the molecule is c1cc2c(cc1OCC1CO1)OC1(CCCCC1)O2. The summed E-state index contributed by atoms with van der Waals surface area (Å²) in [7, 11) is 0. The predicted octanol–water partition coefficient (Wildman–Crippen LogP) is 2.90. The van der Waals surface area contributed by atoms with Gasteiger partial charge in [-0.05, 0) is 25.0 Å². The first-order valence-electron chi connectivity index (χ1n) is 7.10. The number of rotatable bonds is 3. The van der Waals surface area contributed by atoms with Crippen molar-refractivity contribution in [2.75, 3.05) is 13.2 Å². The molecule has 0 bridgehead atoms. The number of hydrogen-bond donors (Lipinski definition) is 0. The third-order valence-electron chi connectivity index (χ3n) is 3.96. The van der Waals surface area contributed by atoms with E-state index in [9.17, 15) is 0 Å². The van der Waals surface area contributed by atoms with Crippen molar-refractivity contribution in [2.24, 2.45) is 0 Å². The van der Waals surface area contributed by atoms with Gasteiger partial charge < -0.3 is 18.9 Å². The Bertz CT molecular complexity index is 475. The minimum Gasteiger partial charge on any atom is -0.491 e. The van der Waals surface area contributed by atoms with Crippen molar-refractivity contribution >= 4 is 0 Å². The van der Waals surface area contributed by atoms with Crippen LogP contribution in [0, 0.1) is 0 Å². The Morgan fingerprint density at radius 1 is 1.11 bits per heavy atom. The molecule has 1 unspecified atom stereocenters. The van der Waals surface area contributed by atoms with Crippen molar-refractivity contribution in [3.05, 3.63) is 18.2 Å². The van der Waals surface area contributed by atoms with E-state index in [0.29, 0.717) is 6.61 Å². The molecule has 1 saturated carbocycles. The molecular formula is C15H18O4. The Balaban J connectivity index is 1.49. The number of ether oxygens (including phenoxy) is 4. The first-order valence-corrected chi connectivity index (χ1v) is 7.10. The summed E-state index contributed by atoms with van der Waals surface area (Å²) >= 11 is 0. The average Bonchev–Trinajstić information content (AvgIpc) is 3.19. The topological polar surface area (TPSA) is 40.2 Å². The Labute approximate surface area is 112 Å². The lowest BCUT2D eigenvalue weighted by Gasteiger charge is -2.31. The molecule has 4 nitrogen and oxygen atoms in total. The molecule has 2 aliphatic heterocycles. The molecule has 0 amide bonds. The Morgan fingerprint density at radius 2 is 1.89 bits per heavy atom. The van der Waals surface area contributed by atoms with Crippen molar-refractivity contribution in [3.8, 4) is 17.2 Å². The maximum Gasteiger partial charge on any atom is 0.251 e. The normalized spacial score (nSPS) is 26.4. The molecule has 1 aromatic carbocycles. The van der Waals surface area contributed by atoms with Crippen LogP contribution in [0.2, 0.25) is 0 Å². The molecule has 0 aromatic heterocycles. The predicted molar refractivity (Wildman–Crippen MR) is 68.7 cm³/mol. The highest BCUT2D eigenvalue weighted by atomic mass is 16.7. The third-order valence-corrected chi connectivity index (χ3v) is 3.96. The van der Waals surface area contributed by atoms with Gasteiger partial charge >= 0.3 is 0 Å². The van der Waals surface area contributed by atoms with Gasteiger partial charge in [0, 0.05) is 18.9 Å². The van der Waals surface area contributed by atoms with Gasteiger partial charge in [0.05, 0.1) is 6.61 Å². The van der Waals surface area contributed by atoms with Crippen molar-refractivity contribution < 1.29 is 18.9 Å². The molecule has 1 aromatic rings. The molecule has 19 heavy (non-hydrogen) atoms. The van der Waals surface area contributed by atoms with Gasteiger partial charge in [-0.3, -0.25) is 0 Å². The zero-order valence-electron chi connectivity index (χ0n) is 10.9. The fourth-order valence-corrected chi connectivity index (χ4v) is 2.81. The molecule has 4 heteroatoms. The van der Waals surface area contributed by atoms with Crippen LogP contribution in [0.1, 0.15) is 32.1 Å². The van der Waals surface area contributed by atoms with E-state index in [1.165, 1.54) is 19.3 Å². The van der Waals surface area contributed by atoms with Gasteiger partial charge in [0.15, 0.2) is 11.5 Å². The number of hydrogen-bond acceptors (Lipinski definition) is 4. The maximum absolute atomic E-state index is 6.07. The van der Waals surface area contributed by atoms with E-state index in [4.69, 9.17) is 18.9 Å². The van der Waals surface area contributed by atoms with E-state index < -0.39 is 5.79 Å². The minimum absolute atomic E-state index is 0.273.